The second kappa shape index (κ2) is 10.4. The van der Waals surface area contributed by atoms with E-state index in [-0.39, 0.29) is 16.6 Å². The highest BCUT2D eigenvalue weighted by atomic mass is 35.5. The van der Waals surface area contributed by atoms with Crippen molar-refractivity contribution in [2.75, 3.05) is 12.4 Å². The fourth-order valence-electron chi connectivity index (χ4n) is 5.47. The van der Waals surface area contributed by atoms with Crippen molar-refractivity contribution in [1.82, 2.24) is 19.7 Å². The van der Waals surface area contributed by atoms with E-state index in [2.05, 4.69) is 21.5 Å². The molecule has 7 nitrogen and oxygen atoms in total. The Morgan fingerprint density at radius 2 is 1.76 bits per heavy atom. The Hall–Kier alpha value is -4.44. The average molecular weight is 592 g/mol. The van der Waals surface area contributed by atoms with Crippen LogP contribution in [0.5, 0.6) is 5.88 Å². The zero-order valence-electron chi connectivity index (χ0n) is 22.9. The highest BCUT2D eigenvalue weighted by Gasteiger charge is 2.34. The van der Waals surface area contributed by atoms with Crippen LogP contribution in [0.1, 0.15) is 28.8 Å². The van der Waals surface area contributed by atoms with Crippen LogP contribution in [0.15, 0.2) is 59.5 Å². The van der Waals surface area contributed by atoms with Crippen LogP contribution < -0.4 is 15.6 Å². The molecule has 214 valence electrons. The van der Waals surface area contributed by atoms with Gasteiger partial charge in [0.05, 0.1) is 29.4 Å². The first-order chi connectivity index (χ1) is 20.1. The van der Waals surface area contributed by atoms with Gasteiger partial charge in [0.15, 0.2) is 0 Å². The third-order valence-corrected chi connectivity index (χ3v) is 8.02. The van der Waals surface area contributed by atoms with Gasteiger partial charge in [0, 0.05) is 34.8 Å². The monoisotopic (exact) mass is 591 g/mol. The largest absolute Gasteiger partial charge is 0.481 e. The van der Waals surface area contributed by atoms with E-state index in [1.54, 1.807) is 19.2 Å². The van der Waals surface area contributed by atoms with Crippen LogP contribution in [0.25, 0.3) is 33.2 Å². The van der Waals surface area contributed by atoms with E-state index in [4.69, 9.17) is 21.3 Å². The molecule has 3 aromatic heterocycles. The summed E-state index contributed by atoms with van der Waals surface area (Å²) in [4.78, 5) is 21.5. The standard InChI is InChI=1S/C31H25ClF3N5O2/c1-16-19(21-10-5-11-22(27(21)32)24-13-17-7-4-9-20(17)29(38-24)42-3)8-6-12-23(16)37-28-26-18(15-36-40(2)30(26)41)14-25(39-28)31(33,34)35/h5-6,8,10-15H,4,7,9H2,1-3H3,(H,37,39). The van der Waals surface area contributed by atoms with E-state index < -0.39 is 17.4 Å². The van der Waals surface area contributed by atoms with Crippen molar-refractivity contribution >= 4 is 33.9 Å². The van der Waals surface area contributed by atoms with Crippen molar-refractivity contribution in [3.05, 3.63) is 92.5 Å². The van der Waals surface area contributed by atoms with Crippen molar-refractivity contribution < 1.29 is 17.9 Å². The predicted molar refractivity (Wildman–Crippen MR) is 156 cm³/mol. The number of halogens is 4. The Morgan fingerprint density at radius 1 is 1.02 bits per heavy atom. The number of anilines is 2. The number of nitrogens with zero attached hydrogens (tertiary/aromatic N) is 4. The number of alkyl halides is 3. The van der Waals surface area contributed by atoms with Crippen LogP contribution in [-0.2, 0) is 26.1 Å². The van der Waals surface area contributed by atoms with Gasteiger partial charge < -0.3 is 10.1 Å². The molecule has 0 saturated carbocycles. The van der Waals surface area contributed by atoms with Gasteiger partial charge in [-0.15, -0.1) is 0 Å². The third-order valence-electron chi connectivity index (χ3n) is 7.61. The van der Waals surface area contributed by atoms with Crippen molar-refractivity contribution in [2.45, 2.75) is 32.4 Å². The molecule has 0 saturated heterocycles. The Bertz CT molecular complexity index is 1940. The Morgan fingerprint density at radius 3 is 2.52 bits per heavy atom. The third kappa shape index (κ3) is 4.75. The number of aromatic nitrogens is 4. The summed E-state index contributed by atoms with van der Waals surface area (Å²) in [7, 11) is 3.04. The van der Waals surface area contributed by atoms with Crippen LogP contribution in [0.2, 0.25) is 5.02 Å². The first kappa shape index (κ1) is 27.7. The second-order valence-corrected chi connectivity index (χ2v) is 10.5. The van der Waals surface area contributed by atoms with Crippen LogP contribution in [0.4, 0.5) is 24.7 Å². The number of hydrogen-bond acceptors (Lipinski definition) is 6. The molecule has 1 N–H and O–H groups in total. The van der Waals surface area contributed by atoms with Crippen molar-refractivity contribution in [2.24, 2.45) is 7.05 Å². The Labute approximate surface area is 244 Å². The first-order valence-electron chi connectivity index (χ1n) is 13.2. The van der Waals surface area contributed by atoms with Crippen molar-refractivity contribution in [3.63, 3.8) is 0 Å². The normalized spacial score (nSPS) is 12.9. The lowest BCUT2D eigenvalue weighted by Crippen LogP contribution is -2.21. The molecule has 1 aliphatic rings. The van der Waals surface area contributed by atoms with Gasteiger partial charge in [-0.1, -0.05) is 41.9 Å². The topological polar surface area (TPSA) is 81.9 Å². The molecule has 0 bridgehead atoms. The van der Waals surface area contributed by atoms with E-state index in [1.165, 1.54) is 18.8 Å². The Kier molecular flexibility index (Phi) is 6.89. The molecule has 3 heterocycles. The number of fused-ring (bicyclic) bond motifs is 2. The van der Waals surface area contributed by atoms with Gasteiger partial charge >= 0.3 is 6.18 Å². The fraction of sp³-hybridized carbons (Fsp3) is 0.226. The van der Waals surface area contributed by atoms with Gasteiger partial charge in [-0.25, -0.2) is 14.6 Å². The van der Waals surface area contributed by atoms with Gasteiger partial charge in [-0.05, 0) is 61.1 Å². The maximum atomic E-state index is 13.7. The second-order valence-electron chi connectivity index (χ2n) is 10.2. The van der Waals surface area contributed by atoms with Crippen LogP contribution in [-0.4, -0.2) is 26.9 Å². The van der Waals surface area contributed by atoms with E-state index in [0.717, 1.165) is 52.3 Å². The molecule has 0 spiro atoms. The molecular formula is C31H25ClF3N5O2. The summed E-state index contributed by atoms with van der Waals surface area (Å²) in [6.07, 6.45) is -0.581. The summed E-state index contributed by atoms with van der Waals surface area (Å²) in [6, 6.07) is 13.9. The molecule has 0 atom stereocenters. The molecule has 1 aliphatic carbocycles. The lowest BCUT2D eigenvalue weighted by atomic mass is 9.96. The molecule has 0 radical (unpaired) electrons. The molecule has 2 aromatic carbocycles. The maximum Gasteiger partial charge on any atom is 0.433 e. The number of aryl methyl sites for hydroxylation is 2. The molecule has 0 fully saturated rings. The van der Waals surface area contributed by atoms with E-state index in [0.29, 0.717) is 27.8 Å². The van der Waals surface area contributed by atoms with Crippen molar-refractivity contribution in [3.8, 4) is 28.3 Å². The number of nitrogens with one attached hydrogen (secondary N) is 1. The number of methoxy groups -OCH3 is 1. The van der Waals surface area contributed by atoms with Gasteiger partial charge in [0.25, 0.3) is 5.56 Å². The summed E-state index contributed by atoms with van der Waals surface area (Å²) in [5, 5.41) is 7.38. The molecule has 0 amide bonds. The predicted octanol–water partition coefficient (Wildman–Crippen LogP) is 7.28. The summed E-state index contributed by atoms with van der Waals surface area (Å²) in [6.45, 7) is 1.83. The number of pyridine rings is 2. The number of ether oxygens (including phenoxy) is 1. The van der Waals surface area contributed by atoms with E-state index in [1.807, 2.05) is 31.2 Å². The summed E-state index contributed by atoms with van der Waals surface area (Å²) in [5.74, 6) is 0.392. The minimum Gasteiger partial charge on any atom is -0.481 e. The van der Waals surface area contributed by atoms with Gasteiger partial charge in [0.2, 0.25) is 5.88 Å². The SMILES string of the molecule is COc1nc(-c2cccc(-c3cccc(Nc4nc(C(F)(F)F)cc5cnn(C)c(=O)c45)c3C)c2Cl)cc2c1CCC2. The quantitative estimate of drug-likeness (QED) is 0.231. The highest BCUT2D eigenvalue weighted by molar-refractivity contribution is 6.36. The van der Waals surface area contributed by atoms with Gasteiger partial charge in [0.1, 0.15) is 11.5 Å². The van der Waals surface area contributed by atoms with E-state index in [9.17, 15) is 18.0 Å². The molecule has 42 heavy (non-hydrogen) atoms. The highest BCUT2D eigenvalue weighted by Crippen LogP contribution is 2.41. The summed E-state index contributed by atoms with van der Waals surface area (Å²) < 4.78 is 47.7. The molecule has 5 aromatic rings. The molecule has 11 heteroatoms. The average Bonchev–Trinajstić information content (AvgIpc) is 3.44. The number of benzene rings is 2. The lowest BCUT2D eigenvalue weighted by Gasteiger charge is -2.18. The smallest absolute Gasteiger partial charge is 0.433 e. The Balaban J connectivity index is 1.46. The number of rotatable bonds is 5. The molecular weight excluding hydrogens is 567 g/mol. The summed E-state index contributed by atoms with van der Waals surface area (Å²) >= 11 is 7.01. The minimum absolute atomic E-state index is 0.00182. The van der Waals surface area contributed by atoms with Gasteiger partial charge in [-0.2, -0.15) is 18.3 Å². The molecule has 0 unspecified atom stereocenters. The van der Waals surface area contributed by atoms with Gasteiger partial charge in [-0.3, -0.25) is 4.79 Å². The first-order valence-corrected chi connectivity index (χ1v) is 13.6. The molecule has 6 rings (SSSR count). The van der Waals surface area contributed by atoms with Crippen LogP contribution in [0.3, 0.4) is 0 Å². The van der Waals surface area contributed by atoms with Crippen LogP contribution >= 0.6 is 11.6 Å². The van der Waals surface area contributed by atoms with E-state index >= 15 is 0 Å². The van der Waals surface area contributed by atoms with Crippen molar-refractivity contribution in [1.29, 1.82) is 0 Å². The fourth-order valence-corrected chi connectivity index (χ4v) is 5.79. The zero-order valence-corrected chi connectivity index (χ0v) is 23.7. The summed E-state index contributed by atoms with van der Waals surface area (Å²) in [5.41, 5.74) is 4.72. The maximum absolute atomic E-state index is 13.7. The lowest BCUT2D eigenvalue weighted by molar-refractivity contribution is -0.140. The minimum atomic E-state index is -4.72. The van der Waals surface area contributed by atoms with Crippen LogP contribution in [0, 0.1) is 6.92 Å². The number of hydrogen-bond donors (Lipinski definition) is 1. The molecule has 0 aliphatic heterocycles. The zero-order chi connectivity index (χ0) is 29.8.